The Morgan fingerprint density at radius 1 is 1.12 bits per heavy atom. The molecule has 1 aromatic heterocycles. The molecule has 2 aromatic carbocycles. The van der Waals surface area contributed by atoms with Crippen LogP contribution in [0.25, 0.3) is 0 Å². The van der Waals surface area contributed by atoms with E-state index in [-0.39, 0.29) is 5.91 Å². The van der Waals surface area contributed by atoms with Gasteiger partial charge in [-0.2, -0.15) is 0 Å². The van der Waals surface area contributed by atoms with Gasteiger partial charge in [0.1, 0.15) is 12.4 Å². The second kappa shape index (κ2) is 7.75. The van der Waals surface area contributed by atoms with E-state index in [4.69, 9.17) is 4.74 Å². The van der Waals surface area contributed by atoms with Crippen LogP contribution in [0.5, 0.6) is 5.75 Å². The summed E-state index contributed by atoms with van der Waals surface area (Å²) in [7, 11) is 0. The molecule has 0 spiro atoms. The van der Waals surface area contributed by atoms with Gasteiger partial charge in [0, 0.05) is 16.6 Å². The van der Waals surface area contributed by atoms with Gasteiger partial charge in [0.15, 0.2) is 0 Å². The van der Waals surface area contributed by atoms with Crippen molar-refractivity contribution in [1.29, 1.82) is 0 Å². The van der Waals surface area contributed by atoms with E-state index in [1.807, 2.05) is 49.4 Å². The highest BCUT2D eigenvalue weighted by atomic mass is 32.1. The van der Waals surface area contributed by atoms with Gasteiger partial charge in [-0.25, -0.2) is 4.98 Å². The second-order valence-corrected chi connectivity index (χ2v) is 6.65. The van der Waals surface area contributed by atoms with Crippen molar-refractivity contribution in [1.82, 2.24) is 10.3 Å². The van der Waals surface area contributed by atoms with E-state index in [0.29, 0.717) is 18.7 Å². The Bertz CT molecular complexity index is 798. The number of nitrogens with one attached hydrogen (secondary N) is 1. The molecule has 0 atom stereocenters. The molecule has 0 radical (unpaired) electrons. The lowest BCUT2D eigenvalue weighted by molar-refractivity contribution is 0.0951. The van der Waals surface area contributed by atoms with E-state index in [9.17, 15) is 4.79 Å². The number of amides is 1. The highest BCUT2D eigenvalue weighted by Crippen LogP contribution is 2.15. The number of carbonyl (C=O) groups is 1. The number of rotatable bonds is 6. The molecule has 1 N–H and O–H groups in total. The summed E-state index contributed by atoms with van der Waals surface area (Å²) in [6, 6.07) is 17.1. The summed E-state index contributed by atoms with van der Waals surface area (Å²) in [5, 5.41) is 3.90. The van der Waals surface area contributed by atoms with Gasteiger partial charge in [-0.05, 0) is 36.8 Å². The average molecular weight is 338 g/mol. The molecular weight excluding hydrogens is 320 g/mol. The smallest absolute Gasteiger partial charge is 0.251 e. The van der Waals surface area contributed by atoms with Gasteiger partial charge in [-0.15, -0.1) is 11.3 Å². The monoisotopic (exact) mass is 338 g/mol. The zero-order valence-electron chi connectivity index (χ0n) is 13.4. The lowest BCUT2D eigenvalue weighted by atomic mass is 10.2. The molecule has 1 amide bonds. The van der Waals surface area contributed by atoms with Crippen molar-refractivity contribution in [3.8, 4) is 5.75 Å². The van der Waals surface area contributed by atoms with E-state index < -0.39 is 0 Å². The molecule has 3 rings (SSSR count). The molecule has 3 aromatic rings. The highest BCUT2D eigenvalue weighted by molar-refractivity contribution is 7.11. The van der Waals surface area contributed by atoms with E-state index >= 15 is 0 Å². The van der Waals surface area contributed by atoms with Gasteiger partial charge in [-0.1, -0.05) is 30.3 Å². The first-order valence-electron chi connectivity index (χ1n) is 7.67. The zero-order chi connectivity index (χ0) is 16.8. The van der Waals surface area contributed by atoms with Crippen LogP contribution in [-0.2, 0) is 13.2 Å². The van der Waals surface area contributed by atoms with Crippen molar-refractivity contribution in [2.75, 3.05) is 0 Å². The molecule has 0 unspecified atom stereocenters. The van der Waals surface area contributed by atoms with Crippen molar-refractivity contribution >= 4 is 17.2 Å². The number of carbonyl (C=O) groups excluding carboxylic acids is 1. The van der Waals surface area contributed by atoms with Crippen LogP contribution in [0.4, 0.5) is 0 Å². The van der Waals surface area contributed by atoms with Crippen LogP contribution in [0.15, 0.2) is 60.8 Å². The van der Waals surface area contributed by atoms with Gasteiger partial charge >= 0.3 is 0 Å². The SMILES string of the molecule is Cc1ncc(CNC(=O)c2ccc(OCc3ccccc3)cc2)s1. The van der Waals surface area contributed by atoms with E-state index in [0.717, 1.165) is 21.2 Å². The van der Waals surface area contributed by atoms with Crippen molar-refractivity contribution in [2.24, 2.45) is 0 Å². The van der Waals surface area contributed by atoms with Crippen LogP contribution in [0, 0.1) is 6.92 Å². The maximum absolute atomic E-state index is 12.1. The Balaban J connectivity index is 1.52. The number of ether oxygens (including phenoxy) is 1. The first-order chi connectivity index (χ1) is 11.7. The molecule has 0 fully saturated rings. The number of nitrogens with zero attached hydrogens (tertiary/aromatic N) is 1. The largest absolute Gasteiger partial charge is 0.489 e. The molecule has 0 aliphatic rings. The molecule has 0 aliphatic heterocycles. The van der Waals surface area contributed by atoms with Crippen LogP contribution in [0.3, 0.4) is 0 Å². The standard InChI is InChI=1S/C19H18N2O2S/c1-14-20-11-18(24-14)12-21-19(22)16-7-9-17(10-8-16)23-13-15-5-3-2-4-6-15/h2-11H,12-13H2,1H3,(H,21,22). The minimum Gasteiger partial charge on any atom is -0.489 e. The zero-order valence-corrected chi connectivity index (χ0v) is 14.2. The maximum Gasteiger partial charge on any atom is 0.251 e. The molecule has 4 nitrogen and oxygen atoms in total. The number of thiazole rings is 1. The predicted molar refractivity (Wildman–Crippen MR) is 95.2 cm³/mol. The van der Waals surface area contributed by atoms with Gasteiger partial charge in [0.2, 0.25) is 0 Å². The Morgan fingerprint density at radius 3 is 2.54 bits per heavy atom. The van der Waals surface area contributed by atoms with Crippen LogP contribution in [0.1, 0.15) is 25.8 Å². The Kier molecular flexibility index (Phi) is 5.23. The summed E-state index contributed by atoms with van der Waals surface area (Å²) >= 11 is 1.59. The second-order valence-electron chi connectivity index (χ2n) is 5.33. The Morgan fingerprint density at radius 2 is 1.88 bits per heavy atom. The molecule has 0 aliphatic carbocycles. The minimum atomic E-state index is -0.101. The normalized spacial score (nSPS) is 10.4. The predicted octanol–water partition coefficient (Wildman–Crippen LogP) is 3.96. The maximum atomic E-state index is 12.1. The number of aromatic nitrogens is 1. The van der Waals surface area contributed by atoms with E-state index in [1.165, 1.54) is 0 Å². The lowest BCUT2D eigenvalue weighted by Gasteiger charge is -2.07. The van der Waals surface area contributed by atoms with Crippen molar-refractivity contribution < 1.29 is 9.53 Å². The molecule has 0 bridgehead atoms. The summed E-state index contributed by atoms with van der Waals surface area (Å²) in [4.78, 5) is 17.4. The van der Waals surface area contributed by atoms with Crippen LogP contribution in [0.2, 0.25) is 0 Å². The number of benzene rings is 2. The van der Waals surface area contributed by atoms with Crippen LogP contribution in [-0.4, -0.2) is 10.9 Å². The van der Waals surface area contributed by atoms with Crippen molar-refractivity contribution in [3.63, 3.8) is 0 Å². The van der Waals surface area contributed by atoms with Gasteiger partial charge in [0.05, 0.1) is 11.6 Å². The number of aryl methyl sites for hydroxylation is 1. The Labute approximate surface area is 145 Å². The van der Waals surface area contributed by atoms with Crippen LogP contribution >= 0.6 is 11.3 Å². The lowest BCUT2D eigenvalue weighted by Crippen LogP contribution is -2.22. The third-order valence-corrected chi connectivity index (χ3v) is 4.37. The van der Waals surface area contributed by atoms with Gasteiger partial charge in [-0.3, -0.25) is 4.79 Å². The van der Waals surface area contributed by atoms with Crippen molar-refractivity contribution in [2.45, 2.75) is 20.1 Å². The van der Waals surface area contributed by atoms with E-state index in [1.54, 1.807) is 29.7 Å². The fourth-order valence-corrected chi connectivity index (χ4v) is 2.93. The summed E-state index contributed by atoms with van der Waals surface area (Å²) in [6.07, 6.45) is 1.79. The highest BCUT2D eigenvalue weighted by Gasteiger charge is 2.07. The Hall–Kier alpha value is -2.66. The third kappa shape index (κ3) is 4.43. The minimum absolute atomic E-state index is 0.101. The van der Waals surface area contributed by atoms with E-state index in [2.05, 4.69) is 10.3 Å². The molecule has 122 valence electrons. The fourth-order valence-electron chi connectivity index (χ4n) is 2.20. The molecular formula is C19H18N2O2S. The summed E-state index contributed by atoms with van der Waals surface area (Å²) in [6.45, 7) is 2.96. The van der Waals surface area contributed by atoms with Gasteiger partial charge in [0.25, 0.3) is 5.91 Å². The van der Waals surface area contributed by atoms with Crippen LogP contribution < -0.4 is 10.1 Å². The number of hydrogen-bond donors (Lipinski definition) is 1. The molecule has 5 heteroatoms. The summed E-state index contributed by atoms with van der Waals surface area (Å²) in [5.41, 5.74) is 1.72. The first kappa shape index (κ1) is 16.2. The molecule has 24 heavy (non-hydrogen) atoms. The summed E-state index contributed by atoms with van der Waals surface area (Å²) < 4.78 is 5.72. The third-order valence-electron chi connectivity index (χ3n) is 3.46. The topological polar surface area (TPSA) is 51.2 Å². The fraction of sp³-hybridized carbons (Fsp3) is 0.158. The quantitative estimate of drug-likeness (QED) is 0.740. The number of hydrogen-bond acceptors (Lipinski definition) is 4. The van der Waals surface area contributed by atoms with Gasteiger partial charge < -0.3 is 10.1 Å². The molecule has 0 saturated carbocycles. The summed E-state index contributed by atoms with van der Waals surface area (Å²) in [5.74, 6) is 0.643. The molecule has 0 saturated heterocycles. The average Bonchev–Trinajstić information content (AvgIpc) is 3.04. The van der Waals surface area contributed by atoms with Crippen molar-refractivity contribution in [3.05, 3.63) is 81.8 Å². The molecule has 1 heterocycles. The first-order valence-corrected chi connectivity index (χ1v) is 8.48.